The Kier molecular flexibility index (Phi) is 4.88. The molecule has 2 aromatic rings. The number of nitrogens with one attached hydrogen (secondary N) is 1. The molecule has 5 heteroatoms. The van der Waals surface area contributed by atoms with Crippen LogP contribution in [-0.2, 0) is 4.79 Å². The van der Waals surface area contributed by atoms with Crippen molar-refractivity contribution in [3.05, 3.63) is 59.9 Å². The average Bonchev–Trinajstić information content (AvgIpc) is 2.49. The molecular formula is C17H17FN2O2. The molecule has 0 aliphatic heterocycles. The normalized spacial score (nSPS) is 10.1. The Morgan fingerprint density at radius 3 is 2.41 bits per heavy atom. The van der Waals surface area contributed by atoms with Crippen LogP contribution in [0.15, 0.2) is 48.5 Å². The lowest BCUT2D eigenvalue weighted by Gasteiger charge is -2.21. The van der Waals surface area contributed by atoms with Gasteiger partial charge in [-0.05, 0) is 49.4 Å². The Labute approximate surface area is 128 Å². The summed E-state index contributed by atoms with van der Waals surface area (Å²) in [6.07, 6.45) is 0. The van der Waals surface area contributed by atoms with Gasteiger partial charge in [0.25, 0.3) is 5.91 Å². The molecule has 0 radical (unpaired) electrons. The van der Waals surface area contributed by atoms with Crippen LogP contribution < -0.4 is 10.2 Å². The summed E-state index contributed by atoms with van der Waals surface area (Å²) in [6, 6.07) is 12.5. The van der Waals surface area contributed by atoms with Gasteiger partial charge in [0.15, 0.2) is 0 Å². The average molecular weight is 300 g/mol. The number of hydrogen-bond acceptors (Lipinski definition) is 2. The van der Waals surface area contributed by atoms with E-state index in [2.05, 4.69) is 5.32 Å². The van der Waals surface area contributed by atoms with Crippen LogP contribution in [0.5, 0.6) is 0 Å². The molecule has 2 amide bonds. The minimum absolute atomic E-state index is 0.199. The molecule has 0 unspecified atom stereocenters. The second-order valence-electron chi connectivity index (χ2n) is 4.79. The number of amides is 2. The minimum atomic E-state index is -0.347. The molecule has 2 rings (SSSR count). The van der Waals surface area contributed by atoms with Crippen LogP contribution in [0.1, 0.15) is 24.2 Å². The highest BCUT2D eigenvalue weighted by atomic mass is 19.1. The first-order valence-electron chi connectivity index (χ1n) is 6.96. The van der Waals surface area contributed by atoms with Gasteiger partial charge < -0.3 is 10.2 Å². The van der Waals surface area contributed by atoms with Crippen LogP contribution in [0, 0.1) is 5.82 Å². The van der Waals surface area contributed by atoms with Crippen LogP contribution >= 0.6 is 0 Å². The van der Waals surface area contributed by atoms with Gasteiger partial charge in [-0.2, -0.15) is 0 Å². The Bertz CT molecular complexity index is 683. The molecule has 0 spiro atoms. The summed E-state index contributed by atoms with van der Waals surface area (Å²) in [5.41, 5.74) is 1.64. The summed E-state index contributed by atoms with van der Waals surface area (Å²) in [4.78, 5) is 25.3. The first kappa shape index (κ1) is 15.7. The smallest absolute Gasteiger partial charge is 0.258 e. The lowest BCUT2D eigenvalue weighted by molar-refractivity contribution is -0.114. The molecule has 0 heterocycles. The number of rotatable bonds is 4. The zero-order chi connectivity index (χ0) is 16.1. The Morgan fingerprint density at radius 2 is 1.82 bits per heavy atom. The summed E-state index contributed by atoms with van der Waals surface area (Å²) >= 11 is 0. The third-order valence-corrected chi connectivity index (χ3v) is 3.13. The van der Waals surface area contributed by atoms with Gasteiger partial charge in [0.2, 0.25) is 5.91 Å². The number of carbonyl (C=O) groups is 2. The summed E-state index contributed by atoms with van der Waals surface area (Å²) in [5, 5.41) is 2.64. The summed E-state index contributed by atoms with van der Waals surface area (Å²) < 4.78 is 13.0. The van der Waals surface area contributed by atoms with Gasteiger partial charge in [0.1, 0.15) is 5.82 Å². The molecule has 0 aromatic heterocycles. The van der Waals surface area contributed by atoms with Crippen molar-refractivity contribution in [3.63, 3.8) is 0 Å². The number of anilines is 2. The highest BCUT2D eigenvalue weighted by molar-refractivity contribution is 6.07. The van der Waals surface area contributed by atoms with Crippen molar-refractivity contribution in [2.24, 2.45) is 0 Å². The van der Waals surface area contributed by atoms with Gasteiger partial charge in [0.05, 0.1) is 0 Å². The molecule has 4 nitrogen and oxygen atoms in total. The van der Waals surface area contributed by atoms with E-state index >= 15 is 0 Å². The quantitative estimate of drug-likeness (QED) is 0.940. The molecule has 0 saturated carbocycles. The van der Waals surface area contributed by atoms with Crippen LogP contribution in [-0.4, -0.2) is 18.4 Å². The van der Waals surface area contributed by atoms with E-state index in [4.69, 9.17) is 0 Å². The molecule has 114 valence electrons. The van der Waals surface area contributed by atoms with Gasteiger partial charge in [-0.15, -0.1) is 0 Å². The van der Waals surface area contributed by atoms with Crippen LogP contribution in [0.25, 0.3) is 0 Å². The monoisotopic (exact) mass is 300 g/mol. The lowest BCUT2D eigenvalue weighted by atomic mass is 10.1. The molecular weight excluding hydrogens is 283 g/mol. The highest BCUT2D eigenvalue weighted by Gasteiger charge is 2.16. The molecule has 0 fully saturated rings. The maximum Gasteiger partial charge on any atom is 0.258 e. The maximum absolute atomic E-state index is 13.0. The van der Waals surface area contributed by atoms with Crippen molar-refractivity contribution in [1.82, 2.24) is 0 Å². The van der Waals surface area contributed by atoms with Gasteiger partial charge >= 0.3 is 0 Å². The Balaban J connectivity index is 2.28. The van der Waals surface area contributed by atoms with Gasteiger partial charge in [0, 0.05) is 30.4 Å². The number of benzene rings is 2. The van der Waals surface area contributed by atoms with E-state index in [-0.39, 0.29) is 17.6 Å². The topological polar surface area (TPSA) is 49.4 Å². The number of halogens is 1. The number of hydrogen-bond donors (Lipinski definition) is 1. The zero-order valence-corrected chi connectivity index (χ0v) is 12.5. The third-order valence-electron chi connectivity index (χ3n) is 3.13. The molecule has 0 saturated heterocycles. The Morgan fingerprint density at radius 1 is 1.14 bits per heavy atom. The second kappa shape index (κ2) is 6.85. The van der Waals surface area contributed by atoms with Gasteiger partial charge in [-0.1, -0.05) is 6.07 Å². The van der Waals surface area contributed by atoms with Crippen molar-refractivity contribution in [3.8, 4) is 0 Å². The fraction of sp³-hybridized carbons (Fsp3) is 0.176. The van der Waals surface area contributed by atoms with Crippen molar-refractivity contribution < 1.29 is 14.0 Å². The van der Waals surface area contributed by atoms with Crippen molar-refractivity contribution in [1.29, 1.82) is 0 Å². The summed E-state index contributed by atoms with van der Waals surface area (Å²) in [7, 11) is 0. The van der Waals surface area contributed by atoms with E-state index in [0.717, 1.165) is 0 Å². The fourth-order valence-electron chi connectivity index (χ4n) is 2.15. The first-order chi connectivity index (χ1) is 10.5. The number of carbonyl (C=O) groups excluding carboxylic acids is 2. The summed E-state index contributed by atoms with van der Waals surface area (Å²) in [6.45, 7) is 3.71. The van der Waals surface area contributed by atoms with E-state index in [1.807, 2.05) is 6.92 Å². The second-order valence-corrected chi connectivity index (χ2v) is 4.79. The molecule has 0 aliphatic rings. The van der Waals surface area contributed by atoms with Crippen LogP contribution in [0.4, 0.5) is 15.8 Å². The van der Waals surface area contributed by atoms with Gasteiger partial charge in [-0.25, -0.2) is 4.39 Å². The van der Waals surface area contributed by atoms with Crippen molar-refractivity contribution >= 4 is 23.2 Å². The number of nitrogens with zero attached hydrogens (tertiary/aromatic N) is 1. The minimum Gasteiger partial charge on any atom is -0.326 e. The highest BCUT2D eigenvalue weighted by Crippen LogP contribution is 2.19. The van der Waals surface area contributed by atoms with Crippen LogP contribution in [0.2, 0.25) is 0 Å². The van der Waals surface area contributed by atoms with E-state index in [0.29, 0.717) is 23.5 Å². The molecule has 22 heavy (non-hydrogen) atoms. The molecule has 0 atom stereocenters. The van der Waals surface area contributed by atoms with Gasteiger partial charge in [-0.3, -0.25) is 9.59 Å². The lowest BCUT2D eigenvalue weighted by Crippen LogP contribution is -2.30. The maximum atomic E-state index is 13.0. The molecule has 0 aliphatic carbocycles. The standard InChI is InChI=1S/C17H17FN2O2/c1-3-20(16-9-7-14(18)8-10-16)17(22)13-5-4-6-15(11-13)19-12(2)21/h4-11H,3H2,1-2H3,(H,19,21). The first-order valence-corrected chi connectivity index (χ1v) is 6.96. The third kappa shape index (κ3) is 3.69. The van der Waals surface area contributed by atoms with E-state index < -0.39 is 0 Å². The van der Waals surface area contributed by atoms with E-state index in [1.165, 1.54) is 19.1 Å². The van der Waals surface area contributed by atoms with Crippen LogP contribution in [0.3, 0.4) is 0 Å². The summed E-state index contributed by atoms with van der Waals surface area (Å²) in [5.74, 6) is -0.753. The largest absolute Gasteiger partial charge is 0.326 e. The molecule has 2 aromatic carbocycles. The van der Waals surface area contributed by atoms with E-state index in [1.54, 1.807) is 41.3 Å². The molecule has 1 N–H and O–H groups in total. The SMILES string of the molecule is CCN(C(=O)c1cccc(NC(C)=O)c1)c1ccc(F)cc1. The zero-order valence-electron chi connectivity index (χ0n) is 12.5. The predicted octanol–water partition coefficient (Wildman–Crippen LogP) is 3.45. The van der Waals surface area contributed by atoms with Crippen molar-refractivity contribution in [2.75, 3.05) is 16.8 Å². The predicted molar refractivity (Wildman–Crippen MR) is 84.5 cm³/mol. The molecule has 0 bridgehead atoms. The van der Waals surface area contributed by atoms with Crippen molar-refractivity contribution in [2.45, 2.75) is 13.8 Å². The fourth-order valence-corrected chi connectivity index (χ4v) is 2.15. The Hall–Kier alpha value is -2.69. The van der Waals surface area contributed by atoms with E-state index in [9.17, 15) is 14.0 Å².